The first-order valence-corrected chi connectivity index (χ1v) is 6.95. The van der Waals surface area contributed by atoms with Crippen molar-refractivity contribution < 1.29 is 4.79 Å². The number of hydrogen-bond donors (Lipinski definition) is 2. The summed E-state index contributed by atoms with van der Waals surface area (Å²) in [4.78, 5) is 17.9. The van der Waals surface area contributed by atoms with Gasteiger partial charge in [0.2, 0.25) is 5.91 Å². The molecule has 2 heterocycles. The number of amides is 1. The minimum absolute atomic E-state index is 0.175. The zero-order valence-electron chi connectivity index (χ0n) is 11.7. The maximum atomic E-state index is 12.2. The second-order valence-electron chi connectivity index (χ2n) is 5.47. The molecular weight excluding hydrogens is 242 g/mol. The fraction of sp³-hybridized carbons (Fsp3) is 0.769. The van der Waals surface area contributed by atoms with Crippen molar-refractivity contribution in [3.8, 4) is 0 Å². The van der Waals surface area contributed by atoms with E-state index in [9.17, 15) is 4.79 Å². The third kappa shape index (κ3) is 4.02. The molecular formula is C13H23N5O. The number of H-pyrrole nitrogens is 1. The lowest BCUT2D eigenvalue weighted by Gasteiger charge is -2.29. The van der Waals surface area contributed by atoms with Gasteiger partial charge in [-0.25, -0.2) is 4.98 Å². The van der Waals surface area contributed by atoms with Gasteiger partial charge in [0.25, 0.3) is 0 Å². The lowest BCUT2D eigenvalue weighted by molar-refractivity contribution is -0.131. The van der Waals surface area contributed by atoms with E-state index in [1.807, 2.05) is 7.05 Å². The van der Waals surface area contributed by atoms with E-state index in [1.54, 1.807) is 4.90 Å². The number of hydrogen-bond acceptors (Lipinski definition) is 4. The Kier molecular flexibility index (Phi) is 4.90. The lowest BCUT2D eigenvalue weighted by Crippen LogP contribution is -2.36. The normalized spacial score (nSPS) is 21.1. The van der Waals surface area contributed by atoms with Gasteiger partial charge in [-0.05, 0) is 37.8 Å². The highest BCUT2D eigenvalue weighted by atomic mass is 16.2. The summed E-state index contributed by atoms with van der Waals surface area (Å²) in [6.45, 7) is 4.83. The Bertz CT molecular complexity index is 386. The lowest BCUT2D eigenvalue weighted by atomic mass is 9.85. The van der Waals surface area contributed by atoms with Crippen molar-refractivity contribution in [1.29, 1.82) is 0 Å². The second kappa shape index (κ2) is 6.65. The maximum absolute atomic E-state index is 12.2. The number of aromatic nitrogens is 3. The van der Waals surface area contributed by atoms with E-state index >= 15 is 0 Å². The van der Waals surface area contributed by atoms with Gasteiger partial charge >= 0.3 is 0 Å². The van der Waals surface area contributed by atoms with Crippen molar-refractivity contribution in [2.45, 2.75) is 32.7 Å². The predicted octanol–water partition coefficient (Wildman–Crippen LogP) is 0.789. The van der Waals surface area contributed by atoms with Crippen LogP contribution in [0.2, 0.25) is 0 Å². The van der Waals surface area contributed by atoms with Crippen molar-refractivity contribution in [2.24, 2.45) is 11.8 Å². The summed E-state index contributed by atoms with van der Waals surface area (Å²) >= 11 is 0. The van der Waals surface area contributed by atoms with E-state index < -0.39 is 0 Å². The highest BCUT2D eigenvalue weighted by Gasteiger charge is 2.23. The van der Waals surface area contributed by atoms with Gasteiger partial charge in [-0.2, -0.15) is 5.10 Å². The number of nitrogens with one attached hydrogen (secondary N) is 2. The number of aromatic amines is 1. The van der Waals surface area contributed by atoms with Crippen LogP contribution in [0.25, 0.3) is 0 Å². The summed E-state index contributed by atoms with van der Waals surface area (Å²) in [5.74, 6) is 1.95. The zero-order valence-corrected chi connectivity index (χ0v) is 11.7. The van der Waals surface area contributed by atoms with Gasteiger partial charge in [0.1, 0.15) is 12.2 Å². The highest BCUT2D eigenvalue weighted by Crippen LogP contribution is 2.23. The Balaban J connectivity index is 1.79. The number of carbonyl (C=O) groups is 1. The zero-order chi connectivity index (χ0) is 13.7. The van der Waals surface area contributed by atoms with Crippen molar-refractivity contribution in [1.82, 2.24) is 25.4 Å². The first kappa shape index (κ1) is 14.0. The molecule has 0 aromatic carbocycles. The van der Waals surface area contributed by atoms with Gasteiger partial charge in [0.05, 0.1) is 6.54 Å². The Labute approximate surface area is 114 Å². The quantitative estimate of drug-likeness (QED) is 0.825. The van der Waals surface area contributed by atoms with E-state index in [0.717, 1.165) is 18.9 Å². The van der Waals surface area contributed by atoms with Crippen molar-refractivity contribution in [3.63, 3.8) is 0 Å². The highest BCUT2D eigenvalue weighted by molar-refractivity contribution is 5.76. The summed E-state index contributed by atoms with van der Waals surface area (Å²) in [5.41, 5.74) is 0. The van der Waals surface area contributed by atoms with Crippen LogP contribution in [0, 0.1) is 11.8 Å². The van der Waals surface area contributed by atoms with Gasteiger partial charge in [0, 0.05) is 13.5 Å². The van der Waals surface area contributed by atoms with E-state index in [0.29, 0.717) is 24.8 Å². The number of rotatable bonds is 5. The van der Waals surface area contributed by atoms with E-state index in [-0.39, 0.29) is 5.91 Å². The average Bonchev–Trinajstić information content (AvgIpc) is 2.92. The van der Waals surface area contributed by atoms with E-state index in [1.165, 1.54) is 19.2 Å². The molecule has 1 aromatic heterocycles. The molecule has 106 valence electrons. The molecule has 1 saturated heterocycles. The van der Waals surface area contributed by atoms with Crippen LogP contribution < -0.4 is 5.32 Å². The molecule has 2 N–H and O–H groups in total. The first-order chi connectivity index (χ1) is 9.16. The molecule has 2 rings (SSSR count). The SMILES string of the molecule is CC(CC(=O)N(C)Cc1ncn[nH]1)C1CCCNC1. The molecule has 19 heavy (non-hydrogen) atoms. The predicted molar refractivity (Wildman–Crippen MR) is 72.2 cm³/mol. The van der Waals surface area contributed by atoms with E-state index in [2.05, 4.69) is 27.4 Å². The Morgan fingerprint density at radius 3 is 3.11 bits per heavy atom. The number of carbonyl (C=O) groups excluding carboxylic acids is 1. The maximum Gasteiger partial charge on any atom is 0.222 e. The summed E-state index contributed by atoms with van der Waals surface area (Å²) in [5, 5.41) is 9.97. The Morgan fingerprint density at radius 1 is 1.63 bits per heavy atom. The molecule has 6 nitrogen and oxygen atoms in total. The van der Waals surface area contributed by atoms with Crippen LogP contribution in [0.5, 0.6) is 0 Å². The third-order valence-electron chi connectivity index (χ3n) is 3.91. The number of piperidine rings is 1. The molecule has 6 heteroatoms. The topological polar surface area (TPSA) is 73.9 Å². The molecule has 0 saturated carbocycles. The van der Waals surface area contributed by atoms with Gasteiger partial charge in [-0.1, -0.05) is 6.92 Å². The number of nitrogens with zero attached hydrogens (tertiary/aromatic N) is 3. The molecule has 0 spiro atoms. The van der Waals surface area contributed by atoms with Crippen LogP contribution in [-0.4, -0.2) is 46.1 Å². The molecule has 1 fully saturated rings. The van der Waals surface area contributed by atoms with Crippen molar-refractivity contribution in [2.75, 3.05) is 20.1 Å². The largest absolute Gasteiger partial charge is 0.338 e. The van der Waals surface area contributed by atoms with Gasteiger partial charge < -0.3 is 10.2 Å². The van der Waals surface area contributed by atoms with Gasteiger partial charge in [-0.15, -0.1) is 0 Å². The molecule has 0 radical (unpaired) electrons. The smallest absolute Gasteiger partial charge is 0.222 e. The van der Waals surface area contributed by atoms with Crippen molar-refractivity contribution in [3.05, 3.63) is 12.2 Å². The van der Waals surface area contributed by atoms with Gasteiger partial charge in [0.15, 0.2) is 0 Å². The second-order valence-corrected chi connectivity index (χ2v) is 5.47. The molecule has 0 aliphatic carbocycles. The summed E-state index contributed by atoms with van der Waals surface area (Å²) in [7, 11) is 1.82. The van der Waals surface area contributed by atoms with Crippen LogP contribution in [0.15, 0.2) is 6.33 Å². The molecule has 1 aliphatic rings. The van der Waals surface area contributed by atoms with Crippen LogP contribution in [0.4, 0.5) is 0 Å². The third-order valence-corrected chi connectivity index (χ3v) is 3.91. The molecule has 1 aliphatic heterocycles. The summed E-state index contributed by atoms with van der Waals surface area (Å²) in [6, 6.07) is 0. The molecule has 2 unspecified atom stereocenters. The van der Waals surface area contributed by atoms with Crippen LogP contribution in [-0.2, 0) is 11.3 Å². The monoisotopic (exact) mass is 265 g/mol. The summed E-state index contributed by atoms with van der Waals surface area (Å²) < 4.78 is 0. The standard InChI is InChI=1S/C13H23N5O/c1-10(11-4-3-5-14-7-11)6-13(19)18(2)8-12-15-9-16-17-12/h9-11,14H,3-8H2,1-2H3,(H,15,16,17). The Morgan fingerprint density at radius 2 is 2.47 bits per heavy atom. The van der Waals surface area contributed by atoms with Crippen LogP contribution in [0.3, 0.4) is 0 Å². The minimum atomic E-state index is 0.175. The minimum Gasteiger partial charge on any atom is -0.338 e. The van der Waals surface area contributed by atoms with Crippen molar-refractivity contribution >= 4 is 5.91 Å². The average molecular weight is 265 g/mol. The molecule has 1 aromatic rings. The van der Waals surface area contributed by atoms with E-state index in [4.69, 9.17) is 0 Å². The Hall–Kier alpha value is -1.43. The van der Waals surface area contributed by atoms with Crippen LogP contribution in [0.1, 0.15) is 32.0 Å². The fourth-order valence-electron chi connectivity index (χ4n) is 2.58. The van der Waals surface area contributed by atoms with Crippen LogP contribution >= 0.6 is 0 Å². The molecule has 2 atom stereocenters. The first-order valence-electron chi connectivity index (χ1n) is 6.95. The summed E-state index contributed by atoms with van der Waals surface area (Å²) in [6.07, 6.45) is 4.52. The fourth-order valence-corrected chi connectivity index (χ4v) is 2.58. The molecule has 0 bridgehead atoms. The van der Waals surface area contributed by atoms with Gasteiger partial charge in [-0.3, -0.25) is 9.89 Å². The molecule has 1 amide bonds.